The van der Waals surface area contributed by atoms with E-state index in [4.69, 9.17) is 9.15 Å². The van der Waals surface area contributed by atoms with E-state index < -0.39 is 17.6 Å². The van der Waals surface area contributed by atoms with Gasteiger partial charge in [0.25, 0.3) is 5.91 Å². The Morgan fingerprint density at radius 2 is 1.82 bits per heavy atom. The number of halogens is 4. The molecule has 5 nitrogen and oxygen atoms in total. The summed E-state index contributed by atoms with van der Waals surface area (Å²) < 4.78 is 64.0. The lowest BCUT2D eigenvalue weighted by Gasteiger charge is -2.35. The predicted octanol–water partition coefficient (Wildman–Crippen LogP) is 4.98. The number of morpholine rings is 1. The number of carbonyl (C=O) groups is 1. The van der Waals surface area contributed by atoms with Gasteiger partial charge in [0.2, 0.25) is 0 Å². The molecule has 1 aromatic heterocycles. The van der Waals surface area contributed by atoms with Crippen LogP contribution in [0.4, 0.5) is 17.6 Å². The molecular formula is C25H24F4N2O3. The molecular weight excluding hydrogens is 452 g/mol. The summed E-state index contributed by atoms with van der Waals surface area (Å²) in [7, 11) is 0. The SMILES string of the molecule is O=C(c1ccc(C(F)(F)F)cc1)N(Cc1ccco1)CC1CN(Cc2ccccc2F)CCO1. The van der Waals surface area contributed by atoms with Crippen LogP contribution < -0.4 is 0 Å². The standard InChI is InChI=1S/C25H24F4N2O3/c26-23-6-2-1-4-19(23)14-30-11-13-34-22(15-30)17-31(16-21-5-3-12-33-21)24(32)18-7-9-20(10-8-18)25(27,28)29/h1-10,12,22H,11,13-17H2. The maximum atomic E-state index is 14.1. The molecule has 1 amide bonds. The van der Waals surface area contributed by atoms with E-state index in [1.54, 1.807) is 30.3 Å². The van der Waals surface area contributed by atoms with Crippen LogP contribution in [0.15, 0.2) is 71.3 Å². The number of alkyl halides is 3. The highest BCUT2D eigenvalue weighted by Gasteiger charge is 2.31. The van der Waals surface area contributed by atoms with Crippen molar-refractivity contribution in [3.63, 3.8) is 0 Å². The lowest BCUT2D eigenvalue weighted by atomic mass is 10.1. The Bertz CT molecular complexity index is 1080. The van der Waals surface area contributed by atoms with Crippen molar-refractivity contribution in [2.75, 3.05) is 26.2 Å². The molecule has 0 radical (unpaired) electrons. The number of hydrogen-bond acceptors (Lipinski definition) is 4. The molecule has 4 rings (SSSR count). The Balaban J connectivity index is 1.47. The van der Waals surface area contributed by atoms with Gasteiger partial charge in [-0.25, -0.2) is 4.39 Å². The average Bonchev–Trinajstić information content (AvgIpc) is 3.33. The normalized spacial score (nSPS) is 17.0. The van der Waals surface area contributed by atoms with Crippen LogP contribution in [0.3, 0.4) is 0 Å². The van der Waals surface area contributed by atoms with Crippen molar-refractivity contribution < 1.29 is 31.5 Å². The van der Waals surface area contributed by atoms with Crippen LogP contribution in [-0.2, 0) is 24.0 Å². The minimum absolute atomic E-state index is 0.138. The fourth-order valence-corrected chi connectivity index (χ4v) is 3.94. The third-order valence-corrected chi connectivity index (χ3v) is 5.67. The van der Waals surface area contributed by atoms with Crippen LogP contribution >= 0.6 is 0 Å². The molecule has 180 valence electrons. The molecule has 2 heterocycles. The van der Waals surface area contributed by atoms with E-state index in [2.05, 4.69) is 4.90 Å². The summed E-state index contributed by atoms with van der Waals surface area (Å²) in [5, 5.41) is 0. The Morgan fingerprint density at radius 3 is 2.50 bits per heavy atom. The fourth-order valence-electron chi connectivity index (χ4n) is 3.94. The Kier molecular flexibility index (Phi) is 7.33. The second-order valence-electron chi connectivity index (χ2n) is 8.16. The summed E-state index contributed by atoms with van der Waals surface area (Å²) in [6.45, 7) is 2.27. The van der Waals surface area contributed by atoms with Crippen LogP contribution in [0.5, 0.6) is 0 Å². The molecule has 3 aromatic rings. The van der Waals surface area contributed by atoms with E-state index in [1.807, 2.05) is 0 Å². The van der Waals surface area contributed by atoms with Gasteiger partial charge >= 0.3 is 6.18 Å². The summed E-state index contributed by atoms with van der Waals surface area (Å²) in [6, 6.07) is 14.1. The van der Waals surface area contributed by atoms with Gasteiger partial charge in [0.05, 0.1) is 31.1 Å². The second-order valence-corrected chi connectivity index (χ2v) is 8.16. The van der Waals surface area contributed by atoms with Crippen molar-refractivity contribution in [1.29, 1.82) is 0 Å². The van der Waals surface area contributed by atoms with Gasteiger partial charge in [0, 0.05) is 37.3 Å². The predicted molar refractivity (Wildman–Crippen MR) is 116 cm³/mol. The fraction of sp³-hybridized carbons (Fsp3) is 0.320. The lowest BCUT2D eigenvalue weighted by Crippen LogP contribution is -2.48. The van der Waals surface area contributed by atoms with E-state index in [9.17, 15) is 22.4 Å². The zero-order valence-corrected chi connectivity index (χ0v) is 18.3. The molecule has 0 N–H and O–H groups in total. The first-order valence-electron chi connectivity index (χ1n) is 10.9. The third-order valence-electron chi connectivity index (χ3n) is 5.67. The molecule has 34 heavy (non-hydrogen) atoms. The first kappa shape index (κ1) is 24.0. The van der Waals surface area contributed by atoms with Gasteiger partial charge in [-0.3, -0.25) is 9.69 Å². The first-order chi connectivity index (χ1) is 16.3. The molecule has 2 aromatic carbocycles. The van der Waals surface area contributed by atoms with Crippen LogP contribution in [0.1, 0.15) is 27.2 Å². The highest BCUT2D eigenvalue weighted by molar-refractivity contribution is 5.94. The largest absolute Gasteiger partial charge is 0.467 e. The number of ether oxygens (including phenoxy) is 1. The molecule has 1 fully saturated rings. The number of amides is 1. The summed E-state index contributed by atoms with van der Waals surface area (Å²) >= 11 is 0. The van der Waals surface area contributed by atoms with E-state index in [0.29, 0.717) is 37.6 Å². The number of carbonyl (C=O) groups excluding carboxylic acids is 1. The first-order valence-corrected chi connectivity index (χ1v) is 10.9. The van der Waals surface area contributed by atoms with Crippen LogP contribution in [0, 0.1) is 5.82 Å². The average molecular weight is 476 g/mol. The third kappa shape index (κ3) is 6.03. The number of benzene rings is 2. The van der Waals surface area contributed by atoms with Crippen LogP contribution in [0.2, 0.25) is 0 Å². The van der Waals surface area contributed by atoms with Gasteiger partial charge in [0.15, 0.2) is 0 Å². The molecule has 1 unspecified atom stereocenters. The quantitative estimate of drug-likeness (QED) is 0.452. The lowest BCUT2D eigenvalue weighted by molar-refractivity contribution is -0.137. The van der Waals surface area contributed by atoms with Gasteiger partial charge in [-0.1, -0.05) is 18.2 Å². The summed E-state index contributed by atoms with van der Waals surface area (Å²) in [5.41, 5.74) is -0.101. The molecule has 0 aliphatic carbocycles. The van der Waals surface area contributed by atoms with E-state index in [1.165, 1.54) is 29.4 Å². The Morgan fingerprint density at radius 1 is 1.06 bits per heavy atom. The van der Waals surface area contributed by atoms with Gasteiger partial charge in [-0.2, -0.15) is 13.2 Å². The molecule has 9 heteroatoms. The molecule has 1 saturated heterocycles. The highest BCUT2D eigenvalue weighted by Crippen LogP contribution is 2.29. The van der Waals surface area contributed by atoms with E-state index in [-0.39, 0.29) is 30.6 Å². The van der Waals surface area contributed by atoms with Gasteiger partial charge in [0.1, 0.15) is 11.6 Å². The van der Waals surface area contributed by atoms with Crippen molar-refractivity contribution in [1.82, 2.24) is 9.80 Å². The highest BCUT2D eigenvalue weighted by atomic mass is 19.4. The monoisotopic (exact) mass is 476 g/mol. The number of furan rings is 1. The van der Waals surface area contributed by atoms with Crippen molar-refractivity contribution in [3.8, 4) is 0 Å². The van der Waals surface area contributed by atoms with Crippen LogP contribution in [0.25, 0.3) is 0 Å². The topological polar surface area (TPSA) is 45.9 Å². The molecule has 1 aliphatic rings. The molecule has 0 spiro atoms. The Labute approximate surface area is 194 Å². The van der Waals surface area contributed by atoms with Crippen molar-refractivity contribution in [3.05, 3.63) is 95.2 Å². The number of rotatable bonds is 7. The maximum absolute atomic E-state index is 14.1. The second kappa shape index (κ2) is 10.4. The molecule has 1 aliphatic heterocycles. The minimum Gasteiger partial charge on any atom is -0.467 e. The summed E-state index contributed by atoms with van der Waals surface area (Å²) in [6.07, 6.45) is -3.34. The smallest absolute Gasteiger partial charge is 0.416 e. The summed E-state index contributed by atoms with van der Waals surface area (Å²) in [5.74, 6) is -0.165. The molecule has 0 saturated carbocycles. The maximum Gasteiger partial charge on any atom is 0.416 e. The van der Waals surface area contributed by atoms with Gasteiger partial charge < -0.3 is 14.1 Å². The van der Waals surface area contributed by atoms with Crippen molar-refractivity contribution >= 4 is 5.91 Å². The minimum atomic E-state index is -4.48. The van der Waals surface area contributed by atoms with Gasteiger partial charge in [-0.05, 0) is 42.5 Å². The number of nitrogens with zero attached hydrogens (tertiary/aromatic N) is 2. The Hall–Kier alpha value is -3.17. The zero-order chi connectivity index (χ0) is 24.1. The molecule has 0 bridgehead atoms. The van der Waals surface area contributed by atoms with Gasteiger partial charge in [-0.15, -0.1) is 0 Å². The zero-order valence-electron chi connectivity index (χ0n) is 18.3. The number of hydrogen-bond donors (Lipinski definition) is 0. The molecule has 1 atom stereocenters. The van der Waals surface area contributed by atoms with Crippen LogP contribution in [-0.4, -0.2) is 48.1 Å². The summed E-state index contributed by atoms with van der Waals surface area (Å²) in [4.78, 5) is 16.8. The van der Waals surface area contributed by atoms with Crippen molar-refractivity contribution in [2.24, 2.45) is 0 Å². The van der Waals surface area contributed by atoms with E-state index in [0.717, 1.165) is 12.1 Å². The van der Waals surface area contributed by atoms with E-state index >= 15 is 0 Å². The van der Waals surface area contributed by atoms with Crippen molar-refractivity contribution in [2.45, 2.75) is 25.4 Å².